The van der Waals surface area contributed by atoms with Gasteiger partial charge in [0.15, 0.2) is 17.5 Å². The lowest BCUT2D eigenvalue weighted by atomic mass is 10.2. The zero-order valence-electron chi connectivity index (χ0n) is 16.5. The van der Waals surface area contributed by atoms with Crippen molar-refractivity contribution in [3.63, 3.8) is 0 Å². The first-order valence-corrected chi connectivity index (χ1v) is 9.27. The Kier molecular flexibility index (Phi) is 8.27. The quantitative estimate of drug-likeness (QED) is 0.481. The molecule has 0 saturated carbocycles. The number of hydrogen-bond acceptors (Lipinski definition) is 3. The molecule has 2 rings (SSSR count). The van der Waals surface area contributed by atoms with Crippen LogP contribution in [-0.2, 0) is 11.3 Å². The number of carbonyl (C=O) groups is 1. The van der Waals surface area contributed by atoms with Crippen molar-refractivity contribution in [1.82, 2.24) is 10.6 Å². The van der Waals surface area contributed by atoms with Crippen molar-refractivity contribution in [3.8, 4) is 5.75 Å². The molecule has 0 aliphatic rings. The second kappa shape index (κ2) is 10.9. The van der Waals surface area contributed by atoms with Crippen molar-refractivity contribution in [1.29, 1.82) is 0 Å². The molecule has 2 aromatic carbocycles. The number of para-hydroxylation sites is 1. The summed E-state index contributed by atoms with van der Waals surface area (Å²) in [5, 5.41) is 9.13. The predicted molar refractivity (Wildman–Crippen MR) is 110 cm³/mol. The molecule has 0 aromatic heterocycles. The molecule has 150 valence electrons. The normalized spacial score (nSPS) is 12.2. The van der Waals surface area contributed by atoms with E-state index in [2.05, 4.69) is 20.9 Å². The molecule has 0 radical (unpaired) electrons. The van der Waals surface area contributed by atoms with Gasteiger partial charge in [0.25, 0.3) is 0 Å². The van der Waals surface area contributed by atoms with Gasteiger partial charge in [-0.15, -0.1) is 0 Å². The van der Waals surface area contributed by atoms with E-state index in [0.29, 0.717) is 25.6 Å². The zero-order valence-corrected chi connectivity index (χ0v) is 16.5. The minimum Gasteiger partial charge on any atom is -0.486 e. The van der Waals surface area contributed by atoms with Crippen LogP contribution in [0.4, 0.5) is 10.1 Å². The van der Waals surface area contributed by atoms with Crippen LogP contribution < -0.4 is 20.7 Å². The summed E-state index contributed by atoms with van der Waals surface area (Å²) in [7, 11) is 0. The minimum absolute atomic E-state index is 0.112. The summed E-state index contributed by atoms with van der Waals surface area (Å²) >= 11 is 0. The van der Waals surface area contributed by atoms with Gasteiger partial charge >= 0.3 is 0 Å². The van der Waals surface area contributed by atoms with Crippen molar-refractivity contribution >= 4 is 17.6 Å². The molecule has 6 nitrogen and oxygen atoms in total. The third-order valence-corrected chi connectivity index (χ3v) is 3.73. The molecule has 0 aliphatic heterocycles. The van der Waals surface area contributed by atoms with Crippen molar-refractivity contribution in [3.05, 3.63) is 59.9 Å². The molecular weight excluding hydrogens is 359 g/mol. The van der Waals surface area contributed by atoms with E-state index in [-0.39, 0.29) is 23.6 Å². The summed E-state index contributed by atoms with van der Waals surface area (Å²) in [6, 6.07) is 13.9. The van der Waals surface area contributed by atoms with Gasteiger partial charge in [0.05, 0.1) is 13.1 Å². The Balaban J connectivity index is 1.93. The Labute approximate surface area is 165 Å². The van der Waals surface area contributed by atoms with Crippen LogP contribution in [0.25, 0.3) is 0 Å². The molecule has 0 bridgehead atoms. The smallest absolute Gasteiger partial charge is 0.221 e. The highest BCUT2D eigenvalue weighted by Crippen LogP contribution is 2.16. The molecule has 7 heteroatoms. The van der Waals surface area contributed by atoms with Crippen LogP contribution in [0.1, 0.15) is 26.3 Å². The number of hydrogen-bond donors (Lipinski definition) is 3. The number of carbonyl (C=O) groups excluding carboxylic acids is 1. The molecule has 0 spiro atoms. The van der Waals surface area contributed by atoms with Crippen LogP contribution in [0.15, 0.2) is 53.5 Å². The van der Waals surface area contributed by atoms with Gasteiger partial charge in [-0.2, -0.15) is 0 Å². The second-order valence-electron chi connectivity index (χ2n) is 6.32. The van der Waals surface area contributed by atoms with Gasteiger partial charge in [0, 0.05) is 19.2 Å². The number of aliphatic imine (C=N–C) groups is 1. The van der Waals surface area contributed by atoms with Crippen molar-refractivity contribution in [2.75, 3.05) is 18.4 Å². The Bertz CT molecular complexity index is 810. The fraction of sp³-hybridized carbons (Fsp3) is 0.333. The number of nitrogens with one attached hydrogen (secondary N) is 3. The van der Waals surface area contributed by atoms with E-state index < -0.39 is 0 Å². The summed E-state index contributed by atoms with van der Waals surface area (Å²) in [5.74, 6) is 0.374. The highest BCUT2D eigenvalue weighted by Gasteiger charge is 2.09. The van der Waals surface area contributed by atoms with E-state index in [9.17, 15) is 9.18 Å². The fourth-order valence-electron chi connectivity index (χ4n) is 2.50. The number of rotatable bonds is 8. The molecule has 1 amide bonds. The first-order chi connectivity index (χ1) is 13.5. The lowest BCUT2D eigenvalue weighted by Crippen LogP contribution is -2.41. The zero-order chi connectivity index (χ0) is 20.4. The standard InChI is InChI=1S/C21H27FN4O2/c1-4-23-21(24-13-15(2)28-20-11-6-5-10-19(20)22)25-14-17-8-7-9-18(12-17)26-16(3)27/h5-12,15H,4,13-14H2,1-3H3,(H,26,27)(H2,23,24,25). The molecule has 0 aliphatic carbocycles. The molecule has 3 N–H and O–H groups in total. The number of halogens is 1. The van der Waals surface area contributed by atoms with E-state index in [1.54, 1.807) is 18.2 Å². The van der Waals surface area contributed by atoms with Gasteiger partial charge in [-0.05, 0) is 43.7 Å². The summed E-state index contributed by atoms with van der Waals surface area (Å²) in [6.45, 7) is 6.94. The van der Waals surface area contributed by atoms with Crippen molar-refractivity contribution < 1.29 is 13.9 Å². The maximum absolute atomic E-state index is 13.7. The van der Waals surface area contributed by atoms with Gasteiger partial charge in [-0.3, -0.25) is 4.79 Å². The number of benzene rings is 2. The molecule has 1 unspecified atom stereocenters. The van der Waals surface area contributed by atoms with Crippen LogP contribution in [-0.4, -0.2) is 31.1 Å². The van der Waals surface area contributed by atoms with Crippen LogP contribution in [0, 0.1) is 5.82 Å². The second-order valence-corrected chi connectivity index (χ2v) is 6.32. The Morgan fingerprint density at radius 1 is 1.18 bits per heavy atom. The van der Waals surface area contributed by atoms with E-state index in [1.807, 2.05) is 38.1 Å². The first kappa shape index (κ1) is 21.2. The van der Waals surface area contributed by atoms with Crippen LogP contribution >= 0.6 is 0 Å². The molecule has 0 heterocycles. The summed E-state index contributed by atoms with van der Waals surface area (Å²) in [4.78, 5) is 15.7. The Morgan fingerprint density at radius 2 is 1.96 bits per heavy atom. The maximum atomic E-state index is 13.7. The summed E-state index contributed by atoms with van der Waals surface area (Å²) in [5.41, 5.74) is 1.71. The highest BCUT2D eigenvalue weighted by molar-refractivity contribution is 5.88. The topological polar surface area (TPSA) is 74.8 Å². The number of nitrogens with zero attached hydrogens (tertiary/aromatic N) is 1. The number of ether oxygens (including phenoxy) is 1. The summed E-state index contributed by atoms with van der Waals surface area (Å²) in [6.07, 6.45) is -0.246. The van der Waals surface area contributed by atoms with Crippen molar-refractivity contribution in [2.24, 2.45) is 4.99 Å². The van der Waals surface area contributed by atoms with Crippen LogP contribution in [0.2, 0.25) is 0 Å². The average molecular weight is 386 g/mol. The predicted octanol–water partition coefficient (Wildman–Crippen LogP) is 3.31. The highest BCUT2D eigenvalue weighted by atomic mass is 19.1. The fourth-order valence-corrected chi connectivity index (χ4v) is 2.50. The molecule has 0 fully saturated rings. The van der Waals surface area contributed by atoms with Gasteiger partial charge in [-0.1, -0.05) is 24.3 Å². The van der Waals surface area contributed by atoms with Gasteiger partial charge in [-0.25, -0.2) is 9.38 Å². The largest absolute Gasteiger partial charge is 0.486 e. The van der Waals surface area contributed by atoms with Gasteiger partial charge in [0.1, 0.15) is 6.10 Å². The molecule has 2 aromatic rings. The first-order valence-electron chi connectivity index (χ1n) is 9.27. The number of amides is 1. The number of anilines is 1. The Morgan fingerprint density at radius 3 is 2.68 bits per heavy atom. The molecule has 0 saturated heterocycles. The number of guanidine groups is 1. The average Bonchev–Trinajstić information content (AvgIpc) is 2.65. The molecule has 28 heavy (non-hydrogen) atoms. The van der Waals surface area contributed by atoms with Crippen molar-refractivity contribution in [2.45, 2.75) is 33.4 Å². The van der Waals surface area contributed by atoms with Crippen LogP contribution in [0.5, 0.6) is 5.75 Å². The van der Waals surface area contributed by atoms with Gasteiger partial charge < -0.3 is 20.7 Å². The summed E-state index contributed by atoms with van der Waals surface area (Å²) < 4.78 is 19.3. The third-order valence-electron chi connectivity index (χ3n) is 3.73. The lowest BCUT2D eigenvalue weighted by Gasteiger charge is -2.18. The van der Waals surface area contributed by atoms with E-state index >= 15 is 0 Å². The Hall–Kier alpha value is -3.09. The van der Waals surface area contributed by atoms with Crippen LogP contribution in [0.3, 0.4) is 0 Å². The SMILES string of the molecule is CCNC(=NCc1cccc(NC(C)=O)c1)NCC(C)Oc1ccccc1F. The lowest BCUT2D eigenvalue weighted by molar-refractivity contribution is -0.114. The molecule has 1 atom stereocenters. The minimum atomic E-state index is -0.381. The monoisotopic (exact) mass is 386 g/mol. The third kappa shape index (κ3) is 7.26. The van der Waals surface area contributed by atoms with E-state index in [4.69, 9.17) is 4.74 Å². The molecular formula is C21H27FN4O2. The maximum Gasteiger partial charge on any atom is 0.221 e. The van der Waals surface area contributed by atoms with Gasteiger partial charge in [0.2, 0.25) is 5.91 Å². The van der Waals surface area contributed by atoms with E-state index in [0.717, 1.165) is 11.3 Å². The van der Waals surface area contributed by atoms with E-state index in [1.165, 1.54) is 13.0 Å².